The lowest BCUT2D eigenvalue weighted by atomic mass is 10.2. The van der Waals surface area contributed by atoms with E-state index in [4.69, 9.17) is 9.47 Å². The molecule has 7 nitrogen and oxygen atoms in total. The predicted octanol–water partition coefficient (Wildman–Crippen LogP) is 3.52. The van der Waals surface area contributed by atoms with Gasteiger partial charge in [-0.3, -0.25) is 14.2 Å². The first-order chi connectivity index (χ1) is 13.5. The molecule has 0 aliphatic rings. The fourth-order valence-electron chi connectivity index (χ4n) is 2.57. The number of nitrogens with zero attached hydrogens (tertiary/aromatic N) is 2. The molecule has 0 aliphatic heterocycles. The van der Waals surface area contributed by atoms with Crippen molar-refractivity contribution in [1.29, 1.82) is 0 Å². The lowest BCUT2D eigenvalue weighted by molar-refractivity contribution is -0.113. The molecule has 3 aromatic rings. The molecule has 1 N–H and O–H groups in total. The molecular weight excluding hydrogens is 398 g/mol. The van der Waals surface area contributed by atoms with Crippen LogP contribution in [-0.4, -0.2) is 34.4 Å². The molecule has 0 saturated heterocycles. The molecule has 0 fully saturated rings. The van der Waals surface area contributed by atoms with E-state index in [0.717, 1.165) is 0 Å². The van der Waals surface area contributed by atoms with Crippen molar-refractivity contribution in [2.45, 2.75) is 19.0 Å². The van der Waals surface area contributed by atoms with Crippen LogP contribution in [0.1, 0.15) is 13.8 Å². The highest BCUT2D eigenvalue weighted by atomic mass is 32.2. The van der Waals surface area contributed by atoms with Crippen LogP contribution in [0.15, 0.2) is 39.6 Å². The monoisotopic (exact) mass is 419 g/mol. The van der Waals surface area contributed by atoms with Crippen LogP contribution >= 0.6 is 23.1 Å². The van der Waals surface area contributed by atoms with E-state index >= 15 is 0 Å². The number of nitrogens with one attached hydrogen (secondary N) is 1. The Morgan fingerprint density at radius 2 is 2.04 bits per heavy atom. The number of amides is 1. The van der Waals surface area contributed by atoms with Crippen molar-refractivity contribution in [2.24, 2.45) is 7.05 Å². The van der Waals surface area contributed by atoms with Crippen molar-refractivity contribution in [2.75, 3.05) is 24.3 Å². The molecule has 9 heteroatoms. The number of ether oxygens (including phenoxy) is 2. The first-order valence-electron chi connectivity index (χ1n) is 8.80. The predicted molar refractivity (Wildman–Crippen MR) is 113 cm³/mol. The smallest absolute Gasteiger partial charge is 0.262 e. The molecule has 0 saturated carbocycles. The standard InChI is InChI=1S/C19H21N3O4S2/c1-4-25-12-6-7-15(26-5-2)14(10-12)20-16(23)11-28-19-21-17-13(8-9-27-17)18(24)22(19)3/h6-10H,4-5,11H2,1-3H3,(H,20,23). The summed E-state index contributed by atoms with van der Waals surface area (Å²) in [6, 6.07) is 7.07. The van der Waals surface area contributed by atoms with Crippen LogP contribution in [0, 0.1) is 0 Å². The van der Waals surface area contributed by atoms with Crippen LogP contribution in [0.25, 0.3) is 10.2 Å². The minimum atomic E-state index is -0.222. The van der Waals surface area contributed by atoms with Crippen LogP contribution < -0.4 is 20.3 Å². The fourth-order valence-corrected chi connectivity index (χ4v) is 4.15. The third-order valence-corrected chi connectivity index (χ3v) is 5.67. The van der Waals surface area contributed by atoms with E-state index in [1.165, 1.54) is 27.7 Å². The number of anilines is 1. The van der Waals surface area contributed by atoms with E-state index in [1.807, 2.05) is 19.2 Å². The Morgan fingerprint density at radius 3 is 2.79 bits per heavy atom. The number of carbonyl (C=O) groups excluding carboxylic acids is 1. The Bertz CT molecular complexity index is 1050. The van der Waals surface area contributed by atoms with Crippen LogP contribution in [0.4, 0.5) is 5.69 Å². The van der Waals surface area contributed by atoms with E-state index < -0.39 is 0 Å². The summed E-state index contributed by atoms with van der Waals surface area (Å²) in [6.45, 7) is 4.79. The molecule has 1 aromatic carbocycles. The molecule has 2 heterocycles. The third-order valence-electron chi connectivity index (χ3n) is 3.83. The summed E-state index contributed by atoms with van der Waals surface area (Å²) < 4.78 is 12.5. The van der Waals surface area contributed by atoms with Gasteiger partial charge in [-0.25, -0.2) is 4.98 Å². The van der Waals surface area contributed by atoms with Crippen molar-refractivity contribution in [3.63, 3.8) is 0 Å². The SMILES string of the molecule is CCOc1ccc(OCC)c(NC(=O)CSc2nc3sccc3c(=O)n2C)c1. The van der Waals surface area contributed by atoms with E-state index in [0.29, 0.717) is 45.8 Å². The molecule has 0 spiro atoms. The van der Waals surface area contributed by atoms with Crippen LogP contribution in [-0.2, 0) is 11.8 Å². The van der Waals surface area contributed by atoms with E-state index in [-0.39, 0.29) is 17.2 Å². The van der Waals surface area contributed by atoms with Gasteiger partial charge in [0.25, 0.3) is 5.56 Å². The molecule has 28 heavy (non-hydrogen) atoms. The fraction of sp³-hybridized carbons (Fsp3) is 0.316. The quantitative estimate of drug-likeness (QED) is 0.444. The Hall–Kier alpha value is -2.52. The van der Waals surface area contributed by atoms with Crippen molar-refractivity contribution in [3.05, 3.63) is 40.0 Å². The first kappa shape index (κ1) is 20.2. The van der Waals surface area contributed by atoms with Gasteiger partial charge in [0.1, 0.15) is 16.3 Å². The number of fused-ring (bicyclic) bond motifs is 1. The van der Waals surface area contributed by atoms with Gasteiger partial charge in [0.15, 0.2) is 5.16 Å². The second-order valence-electron chi connectivity index (χ2n) is 5.76. The largest absolute Gasteiger partial charge is 0.494 e. The van der Waals surface area contributed by atoms with E-state index in [9.17, 15) is 9.59 Å². The zero-order chi connectivity index (χ0) is 20.1. The van der Waals surface area contributed by atoms with Crippen molar-refractivity contribution >= 4 is 44.9 Å². The zero-order valence-corrected chi connectivity index (χ0v) is 17.5. The highest BCUT2D eigenvalue weighted by Crippen LogP contribution is 2.30. The van der Waals surface area contributed by atoms with Gasteiger partial charge in [-0.05, 0) is 37.4 Å². The first-order valence-corrected chi connectivity index (χ1v) is 10.7. The summed E-state index contributed by atoms with van der Waals surface area (Å²) in [7, 11) is 1.66. The Morgan fingerprint density at radius 1 is 1.25 bits per heavy atom. The number of thiophene rings is 1. The summed E-state index contributed by atoms with van der Waals surface area (Å²) in [5.74, 6) is 1.12. The Labute approximate surface area is 170 Å². The average molecular weight is 420 g/mol. The maximum Gasteiger partial charge on any atom is 0.262 e. The highest BCUT2D eigenvalue weighted by molar-refractivity contribution is 7.99. The number of aromatic nitrogens is 2. The molecular formula is C19H21N3O4S2. The minimum absolute atomic E-state index is 0.113. The minimum Gasteiger partial charge on any atom is -0.494 e. The molecule has 0 atom stereocenters. The van der Waals surface area contributed by atoms with Crippen LogP contribution in [0.3, 0.4) is 0 Å². The summed E-state index contributed by atoms with van der Waals surface area (Å²) in [5, 5.41) is 5.78. The molecule has 0 radical (unpaired) electrons. The molecule has 0 aliphatic carbocycles. The molecule has 0 bridgehead atoms. The van der Waals surface area contributed by atoms with Gasteiger partial charge in [-0.2, -0.15) is 0 Å². The van der Waals surface area contributed by atoms with E-state index in [1.54, 1.807) is 31.3 Å². The number of carbonyl (C=O) groups is 1. The number of hydrogen-bond acceptors (Lipinski definition) is 7. The van der Waals surface area contributed by atoms with Gasteiger partial charge >= 0.3 is 0 Å². The summed E-state index contributed by atoms with van der Waals surface area (Å²) >= 11 is 2.62. The van der Waals surface area contributed by atoms with Gasteiger partial charge in [-0.1, -0.05) is 11.8 Å². The number of thioether (sulfide) groups is 1. The van der Waals surface area contributed by atoms with Gasteiger partial charge in [0.05, 0.1) is 30.0 Å². The lowest BCUT2D eigenvalue weighted by Crippen LogP contribution is -2.21. The average Bonchev–Trinajstić information content (AvgIpc) is 3.14. The summed E-state index contributed by atoms with van der Waals surface area (Å²) in [4.78, 5) is 30.0. The number of benzene rings is 1. The molecule has 1 amide bonds. The molecule has 3 rings (SSSR count). The molecule has 148 valence electrons. The van der Waals surface area contributed by atoms with Gasteiger partial charge in [0, 0.05) is 13.1 Å². The lowest BCUT2D eigenvalue weighted by Gasteiger charge is -2.13. The van der Waals surface area contributed by atoms with Crippen LogP contribution in [0.2, 0.25) is 0 Å². The van der Waals surface area contributed by atoms with Crippen molar-refractivity contribution in [1.82, 2.24) is 9.55 Å². The Balaban J connectivity index is 1.73. The highest BCUT2D eigenvalue weighted by Gasteiger charge is 2.14. The number of rotatable bonds is 8. The second-order valence-corrected chi connectivity index (χ2v) is 7.60. The number of hydrogen-bond donors (Lipinski definition) is 1. The Kier molecular flexibility index (Phi) is 6.58. The van der Waals surface area contributed by atoms with Crippen LogP contribution in [0.5, 0.6) is 11.5 Å². The van der Waals surface area contributed by atoms with Gasteiger partial charge in [-0.15, -0.1) is 11.3 Å². The second kappa shape index (κ2) is 9.11. The van der Waals surface area contributed by atoms with E-state index in [2.05, 4.69) is 10.3 Å². The zero-order valence-electron chi connectivity index (χ0n) is 15.9. The van der Waals surface area contributed by atoms with Gasteiger partial charge < -0.3 is 14.8 Å². The maximum atomic E-state index is 12.5. The molecule has 2 aromatic heterocycles. The third kappa shape index (κ3) is 4.48. The van der Waals surface area contributed by atoms with Crippen molar-refractivity contribution < 1.29 is 14.3 Å². The summed E-state index contributed by atoms with van der Waals surface area (Å²) in [6.07, 6.45) is 0. The normalized spacial score (nSPS) is 10.8. The van der Waals surface area contributed by atoms with Crippen molar-refractivity contribution in [3.8, 4) is 11.5 Å². The molecule has 0 unspecified atom stereocenters. The topological polar surface area (TPSA) is 82.5 Å². The summed E-state index contributed by atoms with van der Waals surface area (Å²) in [5.41, 5.74) is 0.436. The van der Waals surface area contributed by atoms with Gasteiger partial charge in [0.2, 0.25) is 5.91 Å². The maximum absolute atomic E-state index is 12.5.